The van der Waals surface area contributed by atoms with E-state index in [9.17, 15) is 13.2 Å². The maximum Gasteiger partial charge on any atom is 0.261 e. The second-order valence-corrected chi connectivity index (χ2v) is 7.88. The molecular formula is C18H23N3O3S. The first-order valence-electron chi connectivity index (χ1n) is 7.90. The molecule has 0 unspecified atom stereocenters. The highest BCUT2D eigenvalue weighted by Gasteiger charge is 2.15. The molecule has 134 valence electrons. The summed E-state index contributed by atoms with van der Waals surface area (Å²) in [5, 5.41) is 2.76. The fraction of sp³-hybridized carbons (Fsp3) is 0.278. The zero-order valence-corrected chi connectivity index (χ0v) is 15.6. The summed E-state index contributed by atoms with van der Waals surface area (Å²) in [6.07, 6.45) is 0. The Bertz CT molecular complexity index is 827. The van der Waals surface area contributed by atoms with E-state index in [0.717, 1.165) is 5.69 Å². The molecule has 2 aromatic carbocycles. The average molecular weight is 361 g/mol. The molecule has 2 aromatic rings. The Morgan fingerprint density at radius 1 is 0.960 bits per heavy atom. The van der Waals surface area contributed by atoms with Crippen LogP contribution in [0.5, 0.6) is 0 Å². The number of anilines is 2. The molecule has 6 nitrogen and oxygen atoms in total. The van der Waals surface area contributed by atoms with Gasteiger partial charge in [-0.2, -0.15) is 0 Å². The number of nitrogens with one attached hydrogen (secondary N) is 2. The van der Waals surface area contributed by atoms with Crippen molar-refractivity contribution < 1.29 is 13.2 Å². The van der Waals surface area contributed by atoms with Crippen LogP contribution in [-0.4, -0.2) is 34.5 Å². The summed E-state index contributed by atoms with van der Waals surface area (Å²) in [6.45, 7) is 3.73. The topological polar surface area (TPSA) is 78.5 Å². The summed E-state index contributed by atoms with van der Waals surface area (Å²) in [6, 6.07) is 12.9. The van der Waals surface area contributed by atoms with E-state index in [1.807, 2.05) is 45.0 Å². The molecule has 25 heavy (non-hydrogen) atoms. The molecule has 0 aliphatic heterocycles. The summed E-state index contributed by atoms with van der Waals surface area (Å²) in [5.74, 6) is -0.230. The maximum absolute atomic E-state index is 12.5. The molecule has 7 heteroatoms. The van der Waals surface area contributed by atoms with Gasteiger partial charge in [-0.05, 0) is 62.4 Å². The SMILES string of the molecule is CC(C)NC(=O)c1ccc(S(=O)(=O)Nc2ccc(N(C)C)cc2)cc1. The van der Waals surface area contributed by atoms with Gasteiger partial charge in [0.25, 0.3) is 15.9 Å². The zero-order chi connectivity index (χ0) is 18.6. The summed E-state index contributed by atoms with van der Waals surface area (Å²) in [7, 11) is 0.118. The number of carbonyl (C=O) groups is 1. The van der Waals surface area contributed by atoms with E-state index in [-0.39, 0.29) is 16.8 Å². The Labute approximate surface area is 148 Å². The van der Waals surface area contributed by atoms with E-state index in [4.69, 9.17) is 0 Å². The van der Waals surface area contributed by atoms with Crippen molar-refractivity contribution >= 4 is 27.3 Å². The molecule has 0 heterocycles. The Morgan fingerprint density at radius 2 is 1.52 bits per heavy atom. The quantitative estimate of drug-likeness (QED) is 0.829. The second kappa shape index (κ2) is 7.57. The first kappa shape index (κ1) is 18.8. The minimum Gasteiger partial charge on any atom is -0.378 e. The molecule has 1 amide bonds. The lowest BCUT2D eigenvalue weighted by Crippen LogP contribution is -2.30. The van der Waals surface area contributed by atoms with Crippen LogP contribution in [0.15, 0.2) is 53.4 Å². The number of carbonyl (C=O) groups excluding carboxylic acids is 1. The van der Waals surface area contributed by atoms with Crippen LogP contribution >= 0.6 is 0 Å². The van der Waals surface area contributed by atoms with Crippen molar-refractivity contribution in [2.45, 2.75) is 24.8 Å². The number of sulfonamides is 1. The van der Waals surface area contributed by atoms with Gasteiger partial charge in [-0.15, -0.1) is 0 Å². The minimum atomic E-state index is -3.71. The Kier molecular flexibility index (Phi) is 5.69. The number of nitrogens with zero attached hydrogens (tertiary/aromatic N) is 1. The van der Waals surface area contributed by atoms with Gasteiger partial charge in [0.15, 0.2) is 0 Å². The molecule has 0 saturated carbocycles. The molecule has 0 saturated heterocycles. The highest BCUT2D eigenvalue weighted by molar-refractivity contribution is 7.92. The number of benzene rings is 2. The third-order valence-corrected chi connectivity index (χ3v) is 4.88. The Balaban J connectivity index is 2.15. The smallest absolute Gasteiger partial charge is 0.261 e. The van der Waals surface area contributed by atoms with Crippen molar-refractivity contribution in [2.24, 2.45) is 0 Å². The molecule has 0 atom stereocenters. The van der Waals surface area contributed by atoms with Gasteiger partial charge in [0.1, 0.15) is 0 Å². The third-order valence-electron chi connectivity index (χ3n) is 3.48. The first-order chi connectivity index (χ1) is 11.7. The monoisotopic (exact) mass is 361 g/mol. The van der Waals surface area contributed by atoms with Crippen molar-refractivity contribution in [3.8, 4) is 0 Å². The fourth-order valence-corrected chi connectivity index (χ4v) is 3.23. The molecule has 0 bridgehead atoms. The predicted octanol–water partition coefficient (Wildman–Crippen LogP) is 2.69. The average Bonchev–Trinajstić information content (AvgIpc) is 2.54. The number of hydrogen-bond donors (Lipinski definition) is 2. The van der Waals surface area contributed by atoms with Gasteiger partial charge in [0, 0.05) is 37.1 Å². The van der Waals surface area contributed by atoms with E-state index in [1.165, 1.54) is 24.3 Å². The lowest BCUT2D eigenvalue weighted by molar-refractivity contribution is 0.0943. The molecule has 0 spiro atoms. The van der Waals surface area contributed by atoms with Crippen LogP contribution in [0, 0.1) is 0 Å². The summed E-state index contributed by atoms with van der Waals surface area (Å²) in [5.41, 5.74) is 1.87. The molecule has 0 fully saturated rings. The minimum absolute atomic E-state index is 0.0164. The van der Waals surface area contributed by atoms with Crippen LogP contribution in [0.4, 0.5) is 11.4 Å². The van der Waals surface area contributed by atoms with Gasteiger partial charge in [-0.1, -0.05) is 0 Å². The molecule has 2 rings (SSSR count). The van der Waals surface area contributed by atoms with Crippen LogP contribution < -0.4 is 14.9 Å². The fourth-order valence-electron chi connectivity index (χ4n) is 2.17. The van der Waals surface area contributed by atoms with Crippen LogP contribution in [0.25, 0.3) is 0 Å². The van der Waals surface area contributed by atoms with Gasteiger partial charge >= 0.3 is 0 Å². The Morgan fingerprint density at radius 3 is 2.00 bits per heavy atom. The van der Waals surface area contributed by atoms with Gasteiger partial charge in [0.05, 0.1) is 4.90 Å². The van der Waals surface area contributed by atoms with Crippen molar-refractivity contribution in [3.63, 3.8) is 0 Å². The lowest BCUT2D eigenvalue weighted by Gasteiger charge is -2.14. The summed E-state index contributed by atoms with van der Waals surface area (Å²) >= 11 is 0. The highest BCUT2D eigenvalue weighted by atomic mass is 32.2. The maximum atomic E-state index is 12.5. The summed E-state index contributed by atoms with van der Waals surface area (Å²) in [4.78, 5) is 13.9. The number of hydrogen-bond acceptors (Lipinski definition) is 4. The van der Waals surface area contributed by atoms with E-state index >= 15 is 0 Å². The standard InChI is InChI=1S/C18H23N3O3S/c1-13(2)19-18(22)14-5-11-17(12-6-14)25(23,24)20-15-7-9-16(10-8-15)21(3)4/h5-13,20H,1-4H3,(H,19,22). The van der Waals surface area contributed by atoms with Gasteiger partial charge in [-0.25, -0.2) is 8.42 Å². The molecule has 0 aliphatic carbocycles. The van der Waals surface area contributed by atoms with Gasteiger partial charge in [0.2, 0.25) is 0 Å². The molecular weight excluding hydrogens is 338 g/mol. The second-order valence-electron chi connectivity index (χ2n) is 6.20. The third kappa shape index (κ3) is 4.96. The largest absolute Gasteiger partial charge is 0.378 e. The van der Waals surface area contributed by atoms with Gasteiger partial charge in [-0.3, -0.25) is 9.52 Å². The number of amides is 1. The van der Waals surface area contributed by atoms with Crippen molar-refractivity contribution in [1.29, 1.82) is 0 Å². The van der Waals surface area contributed by atoms with Crippen LogP contribution in [0.2, 0.25) is 0 Å². The van der Waals surface area contributed by atoms with Crippen LogP contribution in [0.1, 0.15) is 24.2 Å². The normalized spacial score (nSPS) is 11.2. The molecule has 0 aromatic heterocycles. The highest BCUT2D eigenvalue weighted by Crippen LogP contribution is 2.20. The first-order valence-corrected chi connectivity index (χ1v) is 9.38. The van der Waals surface area contributed by atoms with Gasteiger partial charge < -0.3 is 10.2 Å². The van der Waals surface area contributed by atoms with E-state index in [2.05, 4.69) is 10.0 Å². The molecule has 2 N–H and O–H groups in total. The van der Waals surface area contributed by atoms with Crippen LogP contribution in [0.3, 0.4) is 0 Å². The van der Waals surface area contributed by atoms with Crippen molar-refractivity contribution in [1.82, 2.24) is 5.32 Å². The van der Waals surface area contributed by atoms with Crippen LogP contribution in [-0.2, 0) is 10.0 Å². The summed E-state index contributed by atoms with van der Waals surface area (Å²) < 4.78 is 27.4. The van der Waals surface area contributed by atoms with E-state index in [1.54, 1.807) is 12.1 Å². The molecule has 0 aliphatic rings. The Hall–Kier alpha value is -2.54. The van der Waals surface area contributed by atoms with Crippen molar-refractivity contribution in [3.05, 3.63) is 54.1 Å². The zero-order valence-electron chi connectivity index (χ0n) is 14.8. The van der Waals surface area contributed by atoms with E-state index in [0.29, 0.717) is 11.3 Å². The predicted molar refractivity (Wildman–Crippen MR) is 101 cm³/mol. The molecule has 0 radical (unpaired) electrons. The number of rotatable bonds is 6. The lowest BCUT2D eigenvalue weighted by atomic mass is 10.2. The van der Waals surface area contributed by atoms with E-state index < -0.39 is 10.0 Å². The van der Waals surface area contributed by atoms with Crippen molar-refractivity contribution in [2.75, 3.05) is 23.7 Å².